The molecule has 1 saturated heterocycles. The van der Waals surface area contributed by atoms with E-state index in [0.29, 0.717) is 19.0 Å². The maximum absolute atomic E-state index is 11.8. The van der Waals surface area contributed by atoms with Gasteiger partial charge in [0.25, 0.3) is 10.2 Å². The van der Waals surface area contributed by atoms with Gasteiger partial charge in [0.15, 0.2) is 0 Å². The van der Waals surface area contributed by atoms with E-state index in [1.54, 1.807) is 6.92 Å². The van der Waals surface area contributed by atoms with Crippen LogP contribution in [0.15, 0.2) is 0 Å². The van der Waals surface area contributed by atoms with Gasteiger partial charge in [-0.2, -0.15) is 12.7 Å². The first-order valence-corrected chi connectivity index (χ1v) is 7.18. The van der Waals surface area contributed by atoms with Gasteiger partial charge in [-0.05, 0) is 25.7 Å². The summed E-state index contributed by atoms with van der Waals surface area (Å²) in [4.78, 5) is 0. The lowest BCUT2D eigenvalue weighted by atomic mass is 10.0. The highest BCUT2D eigenvalue weighted by molar-refractivity contribution is 7.87. The minimum absolute atomic E-state index is 0.177. The van der Waals surface area contributed by atoms with Crippen LogP contribution in [-0.2, 0) is 10.2 Å². The van der Waals surface area contributed by atoms with Crippen LogP contribution in [0.1, 0.15) is 26.7 Å². The molecule has 0 saturated carbocycles. The number of nitrogens with one attached hydrogen (secondary N) is 1. The molecular weight excluding hydrogens is 236 g/mol. The lowest BCUT2D eigenvalue weighted by molar-refractivity contribution is 0.285. The van der Waals surface area contributed by atoms with E-state index in [-0.39, 0.29) is 11.9 Å². The quantitative estimate of drug-likeness (QED) is 0.766. The van der Waals surface area contributed by atoms with E-state index >= 15 is 0 Å². The second kappa shape index (κ2) is 5.48. The van der Waals surface area contributed by atoms with Gasteiger partial charge in [0.2, 0.25) is 0 Å². The minimum atomic E-state index is -3.30. The molecule has 1 rings (SSSR count). The first-order valence-electron chi connectivity index (χ1n) is 5.30. The molecule has 1 N–H and O–H groups in total. The second-order valence-corrected chi connectivity index (χ2v) is 6.72. The predicted octanol–water partition coefficient (Wildman–Crippen LogP) is 1.18. The molecule has 90 valence electrons. The molecule has 0 aromatic rings. The Kier molecular flexibility index (Phi) is 4.83. The molecule has 1 aliphatic heterocycles. The molecule has 1 atom stereocenters. The third kappa shape index (κ3) is 4.26. The minimum Gasteiger partial charge on any atom is -0.201 e. The van der Waals surface area contributed by atoms with Gasteiger partial charge in [-0.15, -0.1) is 11.6 Å². The molecule has 1 unspecified atom stereocenters. The molecular formula is C9H19ClN2O2S. The standard InChI is InChI=1S/C9H19ClN2O2S/c1-8-3-5-12(6-4-8)15(13,14)11-7-9(2)10/h8-9,11H,3-7H2,1-2H3. The summed E-state index contributed by atoms with van der Waals surface area (Å²) in [7, 11) is -3.30. The predicted molar refractivity (Wildman–Crippen MR) is 62.2 cm³/mol. The van der Waals surface area contributed by atoms with E-state index in [1.807, 2.05) is 0 Å². The molecule has 0 radical (unpaired) electrons. The van der Waals surface area contributed by atoms with Crippen LogP contribution in [0.25, 0.3) is 0 Å². The van der Waals surface area contributed by atoms with Gasteiger partial charge >= 0.3 is 0 Å². The Morgan fingerprint density at radius 2 is 2.00 bits per heavy atom. The van der Waals surface area contributed by atoms with E-state index in [1.165, 1.54) is 4.31 Å². The van der Waals surface area contributed by atoms with Crippen molar-refractivity contribution in [3.05, 3.63) is 0 Å². The molecule has 0 amide bonds. The monoisotopic (exact) mass is 254 g/mol. The summed E-state index contributed by atoms with van der Waals surface area (Å²) in [6.07, 6.45) is 1.88. The highest BCUT2D eigenvalue weighted by Gasteiger charge is 2.25. The smallest absolute Gasteiger partial charge is 0.201 e. The normalized spacial score (nSPS) is 22.9. The summed E-state index contributed by atoms with van der Waals surface area (Å²) < 4.78 is 27.5. The van der Waals surface area contributed by atoms with Crippen molar-refractivity contribution in [2.75, 3.05) is 19.6 Å². The van der Waals surface area contributed by atoms with E-state index < -0.39 is 10.2 Å². The van der Waals surface area contributed by atoms with Gasteiger partial charge in [-0.1, -0.05) is 6.92 Å². The maximum Gasteiger partial charge on any atom is 0.279 e. The molecule has 6 heteroatoms. The van der Waals surface area contributed by atoms with Crippen molar-refractivity contribution in [3.63, 3.8) is 0 Å². The molecule has 0 aromatic heterocycles. The fourth-order valence-corrected chi connectivity index (χ4v) is 3.04. The number of hydrogen-bond donors (Lipinski definition) is 1. The van der Waals surface area contributed by atoms with Gasteiger partial charge < -0.3 is 0 Å². The largest absolute Gasteiger partial charge is 0.279 e. The molecule has 15 heavy (non-hydrogen) atoms. The Morgan fingerprint density at radius 1 is 1.47 bits per heavy atom. The second-order valence-electron chi connectivity index (χ2n) is 4.22. The molecule has 0 bridgehead atoms. The lowest BCUT2D eigenvalue weighted by Gasteiger charge is -2.29. The Balaban J connectivity index is 2.47. The van der Waals surface area contributed by atoms with Crippen LogP contribution in [0, 0.1) is 5.92 Å². The SMILES string of the molecule is CC(Cl)CNS(=O)(=O)N1CCC(C)CC1. The van der Waals surface area contributed by atoms with Gasteiger partial charge in [-0.25, -0.2) is 4.72 Å². The van der Waals surface area contributed by atoms with E-state index in [0.717, 1.165) is 12.8 Å². The Bertz CT molecular complexity index is 284. The van der Waals surface area contributed by atoms with Crippen LogP contribution in [-0.4, -0.2) is 37.7 Å². The summed E-state index contributed by atoms with van der Waals surface area (Å²) in [5, 5.41) is -0.177. The van der Waals surface area contributed by atoms with Crippen molar-refractivity contribution in [1.82, 2.24) is 9.03 Å². The molecule has 1 heterocycles. The molecule has 1 aliphatic rings. The number of piperidine rings is 1. The molecule has 4 nitrogen and oxygen atoms in total. The molecule has 0 aromatic carbocycles. The third-order valence-electron chi connectivity index (χ3n) is 2.63. The first kappa shape index (κ1) is 13.2. The number of alkyl halides is 1. The highest BCUT2D eigenvalue weighted by atomic mass is 35.5. The third-order valence-corrected chi connectivity index (χ3v) is 4.36. The Labute approximate surface area is 97.2 Å². The van der Waals surface area contributed by atoms with Gasteiger partial charge in [0.1, 0.15) is 0 Å². The zero-order chi connectivity index (χ0) is 11.5. The fourth-order valence-electron chi connectivity index (χ4n) is 1.54. The zero-order valence-electron chi connectivity index (χ0n) is 9.24. The van der Waals surface area contributed by atoms with Crippen molar-refractivity contribution in [3.8, 4) is 0 Å². The summed E-state index contributed by atoms with van der Waals surface area (Å²) in [6.45, 7) is 5.44. The highest BCUT2D eigenvalue weighted by Crippen LogP contribution is 2.17. The van der Waals surface area contributed by atoms with Gasteiger partial charge in [0, 0.05) is 25.0 Å². The Morgan fingerprint density at radius 3 is 2.47 bits per heavy atom. The van der Waals surface area contributed by atoms with Crippen molar-refractivity contribution >= 4 is 21.8 Å². The van der Waals surface area contributed by atoms with Crippen molar-refractivity contribution in [2.24, 2.45) is 5.92 Å². The number of rotatable bonds is 4. The van der Waals surface area contributed by atoms with E-state index in [2.05, 4.69) is 11.6 Å². The van der Waals surface area contributed by atoms with Crippen molar-refractivity contribution < 1.29 is 8.42 Å². The number of hydrogen-bond acceptors (Lipinski definition) is 2. The van der Waals surface area contributed by atoms with Gasteiger partial charge in [-0.3, -0.25) is 0 Å². The van der Waals surface area contributed by atoms with Crippen LogP contribution in [0.3, 0.4) is 0 Å². The summed E-state index contributed by atoms with van der Waals surface area (Å²) >= 11 is 5.70. The molecule has 0 aliphatic carbocycles. The zero-order valence-corrected chi connectivity index (χ0v) is 10.8. The van der Waals surface area contributed by atoms with Crippen LogP contribution >= 0.6 is 11.6 Å². The topological polar surface area (TPSA) is 49.4 Å². The summed E-state index contributed by atoms with van der Waals surface area (Å²) in [5.74, 6) is 0.628. The van der Waals surface area contributed by atoms with Crippen LogP contribution in [0.5, 0.6) is 0 Å². The molecule has 0 spiro atoms. The van der Waals surface area contributed by atoms with Gasteiger partial charge in [0.05, 0.1) is 0 Å². The lowest BCUT2D eigenvalue weighted by Crippen LogP contribution is -2.45. The average Bonchev–Trinajstić information content (AvgIpc) is 2.16. The van der Waals surface area contributed by atoms with Crippen LogP contribution in [0.2, 0.25) is 0 Å². The van der Waals surface area contributed by atoms with E-state index in [9.17, 15) is 8.42 Å². The van der Waals surface area contributed by atoms with Crippen LogP contribution in [0.4, 0.5) is 0 Å². The van der Waals surface area contributed by atoms with Crippen molar-refractivity contribution in [2.45, 2.75) is 32.1 Å². The maximum atomic E-state index is 11.8. The van der Waals surface area contributed by atoms with Crippen LogP contribution < -0.4 is 4.72 Å². The fraction of sp³-hybridized carbons (Fsp3) is 1.00. The average molecular weight is 255 g/mol. The Hall–Kier alpha value is 0.160. The van der Waals surface area contributed by atoms with E-state index in [4.69, 9.17) is 11.6 Å². The first-order chi connectivity index (χ1) is 6.92. The number of nitrogens with zero attached hydrogens (tertiary/aromatic N) is 1. The summed E-state index contributed by atoms with van der Waals surface area (Å²) in [5.41, 5.74) is 0. The van der Waals surface area contributed by atoms with Crippen molar-refractivity contribution in [1.29, 1.82) is 0 Å². The number of halogens is 1. The summed E-state index contributed by atoms with van der Waals surface area (Å²) in [6, 6.07) is 0. The molecule has 1 fully saturated rings.